The summed E-state index contributed by atoms with van der Waals surface area (Å²) in [6.45, 7) is 3.96. The van der Waals surface area contributed by atoms with E-state index < -0.39 is 12.0 Å². The number of phenols is 1. The fraction of sp³-hybridized carbons (Fsp3) is 0.211. The number of carbonyl (C=O) groups excluding carboxylic acids is 1. The van der Waals surface area contributed by atoms with Crippen molar-refractivity contribution in [3.05, 3.63) is 72.3 Å². The van der Waals surface area contributed by atoms with Gasteiger partial charge in [0.25, 0.3) is 0 Å². The number of hydrogen-bond donors (Lipinski definition) is 2. The third kappa shape index (κ3) is 5.14. The molecule has 2 rings (SSSR count). The predicted octanol–water partition coefficient (Wildman–Crippen LogP) is 2.57. The number of benzene rings is 2. The van der Waals surface area contributed by atoms with E-state index in [2.05, 4.69) is 6.58 Å². The Kier molecular flexibility index (Phi) is 6.40. The second-order valence-corrected chi connectivity index (χ2v) is 5.31. The molecule has 0 amide bonds. The summed E-state index contributed by atoms with van der Waals surface area (Å²) in [5.41, 5.74) is 7.52. The Morgan fingerprint density at radius 2 is 1.96 bits per heavy atom. The highest BCUT2D eigenvalue weighted by Crippen LogP contribution is 2.28. The van der Waals surface area contributed by atoms with Gasteiger partial charge in [0.15, 0.2) is 11.5 Å². The number of aromatic hydroxyl groups is 1. The Morgan fingerprint density at radius 1 is 1.21 bits per heavy atom. The van der Waals surface area contributed by atoms with Crippen molar-refractivity contribution in [2.24, 2.45) is 5.73 Å². The molecule has 0 bridgehead atoms. The molecule has 0 saturated heterocycles. The van der Waals surface area contributed by atoms with Gasteiger partial charge in [-0.3, -0.25) is 4.79 Å². The molecule has 0 aliphatic rings. The van der Waals surface area contributed by atoms with Crippen LogP contribution in [0.15, 0.2) is 61.2 Å². The van der Waals surface area contributed by atoms with Crippen LogP contribution >= 0.6 is 0 Å². The highest BCUT2D eigenvalue weighted by Gasteiger charge is 2.16. The number of hydrogen-bond acceptors (Lipinski definition) is 5. The SMILES string of the molecule is C=CCOC(=O)[C@@H](N)Cc1ccc(OCc2ccccc2)c(O)c1. The second kappa shape index (κ2) is 8.74. The van der Waals surface area contributed by atoms with Crippen LogP contribution in [0.2, 0.25) is 0 Å². The molecule has 2 aromatic rings. The Hall–Kier alpha value is -2.79. The van der Waals surface area contributed by atoms with Crippen LogP contribution in [0.5, 0.6) is 11.5 Å². The van der Waals surface area contributed by atoms with Crippen molar-refractivity contribution in [3.8, 4) is 11.5 Å². The zero-order valence-corrected chi connectivity index (χ0v) is 13.4. The third-order valence-corrected chi connectivity index (χ3v) is 3.36. The van der Waals surface area contributed by atoms with Crippen molar-refractivity contribution in [2.75, 3.05) is 6.61 Å². The molecule has 0 aliphatic carbocycles. The van der Waals surface area contributed by atoms with Crippen LogP contribution in [0.4, 0.5) is 0 Å². The van der Waals surface area contributed by atoms with Gasteiger partial charge in [0, 0.05) is 0 Å². The van der Waals surface area contributed by atoms with Gasteiger partial charge >= 0.3 is 5.97 Å². The Balaban J connectivity index is 1.94. The molecule has 0 aromatic heterocycles. The average molecular weight is 327 g/mol. The van der Waals surface area contributed by atoms with E-state index >= 15 is 0 Å². The van der Waals surface area contributed by atoms with Crippen molar-refractivity contribution >= 4 is 5.97 Å². The second-order valence-electron chi connectivity index (χ2n) is 5.31. The molecular weight excluding hydrogens is 306 g/mol. The Labute approximate surface area is 141 Å². The minimum Gasteiger partial charge on any atom is -0.504 e. The first-order valence-electron chi connectivity index (χ1n) is 7.62. The maximum atomic E-state index is 11.6. The number of esters is 1. The average Bonchev–Trinajstić information content (AvgIpc) is 2.59. The van der Waals surface area contributed by atoms with Gasteiger partial charge in [0.05, 0.1) is 0 Å². The smallest absolute Gasteiger partial charge is 0.323 e. The first-order chi connectivity index (χ1) is 11.6. The molecule has 126 valence electrons. The van der Waals surface area contributed by atoms with E-state index in [9.17, 15) is 9.90 Å². The summed E-state index contributed by atoms with van der Waals surface area (Å²) in [6, 6.07) is 13.8. The standard InChI is InChI=1S/C19H21NO4/c1-2-10-23-19(22)16(20)11-15-8-9-18(17(21)12-15)24-13-14-6-4-3-5-7-14/h2-9,12,16,21H,1,10-11,13,20H2/t16-/m0/s1. The summed E-state index contributed by atoms with van der Waals surface area (Å²) in [5.74, 6) is -0.112. The molecule has 0 saturated carbocycles. The van der Waals surface area contributed by atoms with Gasteiger partial charge in [-0.15, -0.1) is 0 Å². The molecule has 0 radical (unpaired) electrons. The Bertz CT molecular complexity index is 685. The molecule has 0 spiro atoms. The zero-order chi connectivity index (χ0) is 17.4. The summed E-state index contributed by atoms with van der Waals surface area (Å²) in [6.07, 6.45) is 1.75. The summed E-state index contributed by atoms with van der Waals surface area (Å²) in [4.78, 5) is 11.6. The van der Waals surface area contributed by atoms with E-state index in [4.69, 9.17) is 15.2 Å². The van der Waals surface area contributed by atoms with Gasteiger partial charge in [-0.2, -0.15) is 0 Å². The van der Waals surface area contributed by atoms with Crippen LogP contribution in [0.1, 0.15) is 11.1 Å². The highest BCUT2D eigenvalue weighted by atomic mass is 16.5. The van der Waals surface area contributed by atoms with E-state index in [-0.39, 0.29) is 18.8 Å². The normalized spacial score (nSPS) is 11.5. The molecule has 0 aliphatic heterocycles. The first-order valence-corrected chi connectivity index (χ1v) is 7.62. The van der Waals surface area contributed by atoms with Crippen LogP contribution in [0.3, 0.4) is 0 Å². The maximum absolute atomic E-state index is 11.6. The van der Waals surface area contributed by atoms with E-state index in [0.29, 0.717) is 12.4 Å². The van der Waals surface area contributed by atoms with Gasteiger partial charge in [0.2, 0.25) is 0 Å². The monoisotopic (exact) mass is 327 g/mol. The van der Waals surface area contributed by atoms with Crippen molar-refractivity contribution in [1.29, 1.82) is 0 Å². The molecular formula is C19H21NO4. The summed E-state index contributed by atoms with van der Waals surface area (Å²) < 4.78 is 10.5. The first kappa shape index (κ1) is 17.6. The molecule has 1 atom stereocenters. The number of carbonyl (C=O) groups is 1. The van der Waals surface area contributed by atoms with E-state index in [1.165, 1.54) is 6.08 Å². The number of nitrogens with two attached hydrogens (primary N) is 1. The van der Waals surface area contributed by atoms with Crippen LogP contribution in [0, 0.1) is 0 Å². The number of ether oxygens (including phenoxy) is 2. The van der Waals surface area contributed by atoms with Crippen LogP contribution in [-0.2, 0) is 22.6 Å². The minimum atomic E-state index is -0.791. The summed E-state index contributed by atoms with van der Waals surface area (Å²) in [5, 5.41) is 10.1. The molecule has 24 heavy (non-hydrogen) atoms. The Morgan fingerprint density at radius 3 is 2.62 bits per heavy atom. The van der Waals surface area contributed by atoms with Crippen molar-refractivity contribution in [1.82, 2.24) is 0 Å². The van der Waals surface area contributed by atoms with Crippen LogP contribution in [-0.4, -0.2) is 23.7 Å². The van der Waals surface area contributed by atoms with Gasteiger partial charge in [-0.05, 0) is 29.7 Å². The van der Waals surface area contributed by atoms with Gasteiger partial charge in [0.1, 0.15) is 19.3 Å². The van der Waals surface area contributed by atoms with E-state index in [1.807, 2.05) is 30.3 Å². The minimum absolute atomic E-state index is 0.00934. The van der Waals surface area contributed by atoms with E-state index in [0.717, 1.165) is 11.1 Å². The van der Waals surface area contributed by atoms with Gasteiger partial charge < -0.3 is 20.3 Å². The topological polar surface area (TPSA) is 81.8 Å². The number of phenolic OH excluding ortho intramolecular Hbond substituents is 1. The zero-order valence-electron chi connectivity index (χ0n) is 13.4. The quantitative estimate of drug-likeness (QED) is 0.575. The third-order valence-electron chi connectivity index (χ3n) is 3.36. The van der Waals surface area contributed by atoms with Crippen molar-refractivity contribution < 1.29 is 19.4 Å². The molecule has 5 nitrogen and oxygen atoms in total. The summed E-state index contributed by atoms with van der Waals surface area (Å²) in [7, 11) is 0. The molecule has 3 N–H and O–H groups in total. The molecule has 2 aromatic carbocycles. The largest absolute Gasteiger partial charge is 0.504 e. The lowest BCUT2D eigenvalue weighted by atomic mass is 10.1. The lowest BCUT2D eigenvalue weighted by Crippen LogP contribution is -2.34. The number of rotatable bonds is 8. The lowest BCUT2D eigenvalue weighted by Gasteiger charge is -2.12. The van der Waals surface area contributed by atoms with E-state index in [1.54, 1.807) is 18.2 Å². The fourth-order valence-corrected chi connectivity index (χ4v) is 2.13. The maximum Gasteiger partial charge on any atom is 0.323 e. The van der Waals surface area contributed by atoms with Crippen LogP contribution < -0.4 is 10.5 Å². The van der Waals surface area contributed by atoms with Crippen LogP contribution in [0.25, 0.3) is 0 Å². The summed E-state index contributed by atoms with van der Waals surface area (Å²) >= 11 is 0. The molecule has 0 fully saturated rings. The predicted molar refractivity (Wildman–Crippen MR) is 91.7 cm³/mol. The lowest BCUT2D eigenvalue weighted by molar-refractivity contribution is -0.143. The van der Waals surface area contributed by atoms with Gasteiger partial charge in [-0.25, -0.2) is 0 Å². The fourth-order valence-electron chi connectivity index (χ4n) is 2.13. The molecule has 0 heterocycles. The van der Waals surface area contributed by atoms with Crippen molar-refractivity contribution in [3.63, 3.8) is 0 Å². The molecule has 5 heteroatoms. The molecule has 0 unspecified atom stereocenters. The van der Waals surface area contributed by atoms with Crippen molar-refractivity contribution in [2.45, 2.75) is 19.1 Å². The van der Waals surface area contributed by atoms with Gasteiger partial charge in [-0.1, -0.05) is 49.1 Å². The highest BCUT2D eigenvalue weighted by molar-refractivity contribution is 5.76.